The van der Waals surface area contributed by atoms with E-state index in [-0.39, 0.29) is 10.9 Å². The number of pyridine rings is 1. The van der Waals surface area contributed by atoms with Crippen LogP contribution in [0.25, 0.3) is 0 Å². The van der Waals surface area contributed by atoms with Gasteiger partial charge in [-0.3, -0.25) is 4.98 Å². The van der Waals surface area contributed by atoms with Crippen LogP contribution in [0, 0.1) is 0 Å². The molecule has 0 aliphatic rings. The topological polar surface area (TPSA) is 96.9 Å². The molecule has 0 bridgehead atoms. The lowest BCUT2D eigenvalue weighted by molar-refractivity contribution is 0.566. The Kier molecular flexibility index (Phi) is 4.26. The van der Waals surface area contributed by atoms with Gasteiger partial charge in [-0.25, -0.2) is 23.1 Å². The first kappa shape index (κ1) is 14.4. The van der Waals surface area contributed by atoms with Gasteiger partial charge >= 0.3 is 0 Å². The van der Waals surface area contributed by atoms with Gasteiger partial charge in [0.25, 0.3) is 0 Å². The Morgan fingerprint density at radius 3 is 2.30 bits per heavy atom. The maximum atomic E-state index is 12.2. The fourth-order valence-electron chi connectivity index (χ4n) is 1.60. The second kappa shape index (κ2) is 5.93. The molecule has 2 rings (SSSR count). The highest BCUT2D eigenvalue weighted by molar-refractivity contribution is 7.89. The third kappa shape index (κ3) is 3.28. The Balaban J connectivity index is 2.18. The lowest BCUT2D eigenvalue weighted by atomic mass is 10.1. The van der Waals surface area contributed by atoms with E-state index in [1.54, 1.807) is 38.5 Å². The maximum absolute atomic E-state index is 12.2. The van der Waals surface area contributed by atoms with Gasteiger partial charge < -0.3 is 5.32 Å². The summed E-state index contributed by atoms with van der Waals surface area (Å²) in [5, 5.41) is 2.73. The molecule has 0 radical (unpaired) electrons. The summed E-state index contributed by atoms with van der Waals surface area (Å²) in [5.41, 5.74) is 0.830. The lowest BCUT2D eigenvalue weighted by Gasteiger charge is -2.14. The summed E-state index contributed by atoms with van der Waals surface area (Å²) in [7, 11) is -2.00. The molecule has 0 aliphatic carbocycles. The van der Waals surface area contributed by atoms with Gasteiger partial charge in [-0.2, -0.15) is 0 Å². The normalized spacial score (nSPS) is 12.9. The van der Waals surface area contributed by atoms with Crippen molar-refractivity contribution in [2.75, 3.05) is 12.4 Å². The predicted octanol–water partition coefficient (Wildman–Crippen LogP) is 0.953. The minimum Gasteiger partial charge on any atom is -0.357 e. The summed E-state index contributed by atoms with van der Waals surface area (Å²) in [6.45, 7) is 1.76. The Morgan fingerprint density at radius 1 is 1.15 bits per heavy atom. The highest BCUT2D eigenvalue weighted by Gasteiger charge is 2.19. The average molecular weight is 293 g/mol. The number of anilines is 1. The van der Waals surface area contributed by atoms with Crippen LogP contribution in [-0.2, 0) is 10.0 Å². The van der Waals surface area contributed by atoms with E-state index in [0.717, 1.165) is 5.56 Å². The summed E-state index contributed by atoms with van der Waals surface area (Å²) < 4.78 is 26.9. The summed E-state index contributed by atoms with van der Waals surface area (Å²) >= 11 is 0. The van der Waals surface area contributed by atoms with Crippen molar-refractivity contribution < 1.29 is 8.42 Å². The molecule has 8 heteroatoms. The van der Waals surface area contributed by atoms with Crippen LogP contribution < -0.4 is 10.0 Å². The minimum absolute atomic E-state index is 0.0254. The molecule has 0 amide bonds. The van der Waals surface area contributed by atoms with E-state index in [4.69, 9.17) is 0 Å². The second-order valence-corrected chi connectivity index (χ2v) is 5.83. The van der Waals surface area contributed by atoms with Crippen LogP contribution in [0.15, 0.2) is 41.8 Å². The van der Waals surface area contributed by atoms with Crippen molar-refractivity contribution in [2.24, 2.45) is 0 Å². The zero-order valence-corrected chi connectivity index (χ0v) is 11.9. The maximum Gasteiger partial charge on any atom is 0.244 e. The molecule has 106 valence electrons. The van der Waals surface area contributed by atoms with E-state index in [9.17, 15) is 8.42 Å². The summed E-state index contributed by atoms with van der Waals surface area (Å²) in [6.07, 6.45) is 5.76. The SMILES string of the molecule is CNc1ncc(S(=O)(=O)NC(C)c2ccncc2)cn1. The smallest absolute Gasteiger partial charge is 0.244 e. The molecule has 2 aromatic rings. The van der Waals surface area contributed by atoms with Crippen LogP contribution in [-0.4, -0.2) is 30.4 Å². The van der Waals surface area contributed by atoms with Gasteiger partial charge in [-0.15, -0.1) is 0 Å². The van der Waals surface area contributed by atoms with Crippen LogP contribution >= 0.6 is 0 Å². The zero-order chi connectivity index (χ0) is 14.6. The van der Waals surface area contributed by atoms with Gasteiger partial charge in [0.1, 0.15) is 4.90 Å². The molecular formula is C12H15N5O2S. The second-order valence-electron chi connectivity index (χ2n) is 4.12. The Hall–Kier alpha value is -2.06. The van der Waals surface area contributed by atoms with Gasteiger partial charge in [0, 0.05) is 25.5 Å². The molecule has 0 aromatic carbocycles. The number of rotatable bonds is 5. The third-order valence-electron chi connectivity index (χ3n) is 2.70. The Morgan fingerprint density at radius 2 is 1.75 bits per heavy atom. The quantitative estimate of drug-likeness (QED) is 0.852. The van der Waals surface area contributed by atoms with Crippen LogP contribution in [0.1, 0.15) is 18.5 Å². The number of aromatic nitrogens is 3. The molecule has 2 aromatic heterocycles. The first-order valence-corrected chi connectivity index (χ1v) is 7.43. The predicted molar refractivity (Wildman–Crippen MR) is 74.6 cm³/mol. The molecule has 0 spiro atoms. The molecule has 0 aliphatic heterocycles. The molecule has 0 saturated heterocycles. The van der Waals surface area contributed by atoms with Crippen molar-refractivity contribution in [2.45, 2.75) is 17.9 Å². The average Bonchev–Trinajstić information content (AvgIpc) is 2.48. The van der Waals surface area contributed by atoms with E-state index in [1.165, 1.54) is 12.4 Å². The number of sulfonamides is 1. The van der Waals surface area contributed by atoms with Crippen LogP contribution in [0.5, 0.6) is 0 Å². The number of hydrogen-bond acceptors (Lipinski definition) is 6. The van der Waals surface area contributed by atoms with Crippen molar-refractivity contribution in [3.05, 3.63) is 42.5 Å². The van der Waals surface area contributed by atoms with E-state index >= 15 is 0 Å². The first-order valence-electron chi connectivity index (χ1n) is 5.95. The van der Waals surface area contributed by atoms with Crippen molar-refractivity contribution in [3.8, 4) is 0 Å². The van der Waals surface area contributed by atoms with E-state index in [0.29, 0.717) is 5.95 Å². The summed E-state index contributed by atoms with van der Waals surface area (Å²) in [5.74, 6) is 0.367. The molecule has 7 nitrogen and oxygen atoms in total. The highest BCUT2D eigenvalue weighted by Crippen LogP contribution is 2.15. The molecule has 0 fully saturated rings. The standard InChI is InChI=1S/C12H15N5O2S/c1-9(10-3-5-14-6-4-10)17-20(18,19)11-7-15-12(13-2)16-8-11/h3-9,17H,1-2H3,(H,13,15,16). The molecule has 1 unspecified atom stereocenters. The summed E-state index contributed by atoms with van der Waals surface area (Å²) in [4.78, 5) is 11.7. The fourth-order valence-corrected chi connectivity index (χ4v) is 2.73. The molecular weight excluding hydrogens is 278 g/mol. The lowest BCUT2D eigenvalue weighted by Crippen LogP contribution is -2.27. The van der Waals surface area contributed by atoms with E-state index in [1.807, 2.05) is 0 Å². The molecule has 0 saturated carbocycles. The number of nitrogens with one attached hydrogen (secondary N) is 2. The minimum atomic E-state index is -3.66. The molecule has 20 heavy (non-hydrogen) atoms. The van der Waals surface area contributed by atoms with E-state index in [2.05, 4.69) is 25.0 Å². The van der Waals surface area contributed by atoms with Gasteiger partial charge in [0.15, 0.2) is 0 Å². The third-order valence-corrected chi connectivity index (χ3v) is 4.20. The number of hydrogen-bond donors (Lipinski definition) is 2. The molecule has 2 N–H and O–H groups in total. The number of nitrogens with zero attached hydrogens (tertiary/aromatic N) is 3. The fraction of sp³-hybridized carbons (Fsp3) is 0.250. The molecule has 2 heterocycles. The van der Waals surface area contributed by atoms with Crippen LogP contribution in [0.4, 0.5) is 5.95 Å². The van der Waals surface area contributed by atoms with Crippen LogP contribution in [0.2, 0.25) is 0 Å². The molecule has 1 atom stereocenters. The van der Waals surface area contributed by atoms with Crippen molar-refractivity contribution in [3.63, 3.8) is 0 Å². The van der Waals surface area contributed by atoms with Crippen molar-refractivity contribution in [1.82, 2.24) is 19.7 Å². The first-order chi connectivity index (χ1) is 9.53. The van der Waals surface area contributed by atoms with Gasteiger partial charge in [0.2, 0.25) is 16.0 Å². The largest absolute Gasteiger partial charge is 0.357 e. The van der Waals surface area contributed by atoms with Crippen LogP contribution in [0.3, 0.4) is 0 Å². The summed E-state index contributed by atoms with van der Waals surface area (Å²) in [6, 6.07) is 3.15. The Labute approximate surface area is 117 Å². The van der Waals surface area contributed by atoms with Gasteiger partial charge in [-0.05, 0) is 24.6 Å². The van der Waals surface area contributed by atoms with Gasteiger partial charge in [-0.1, -0.05) is 0 Å². The monoisotopic (exact) mass is 293 g/mol. The van der Waals surface area contributed by atoms with Gasteiger partial charge in [0.05, 0.1) is 12.4 Å². The van der Waals surface area contributed by atoms with Crippen molar-refractivity contribution >= 4 is 16.0 Å². The highest BCUT2D eigenvalue weighted by atomic mass is 32.2. The zero-order valence-electron chi connectivity index (χ0n) is 11.1. The van der Waals surface area contributed by atoms with Crippen molar-refractivity contribution in [1.29, 1.82) is 0 Å². The Bertz CT molecular complexity index is 658. The van der Waals surface area contributed by atoms with E-state index < -0.39 is 10.0 Å².